The van der Waals surface area contributed by atoms with E-state index in [-0.39, 0.29) is 5.56 Å². The number of nitrogens with zero attached hydrogens (tertiary/aromatic N) is 2. The van der Waals surface area contributed by atoms with Crippen molar-refractivity contribution < 1.29 is 0 Å². The van der Waals surface area contributed by atoms with E-state index >= 15 is 0 Å². The molecule has 0 spiro atoms. The van der Waals surface area contributed by atoms with Crippen LogP contribution in [0.25, 0.3) is 21.6 Å². The first kappa shape index (κ1) is 14.4. The highest BCUT2D eigenvalue weighted by molar-refractivity contribution is 7.18. The Bertz CT molecular complexity index is 937. The number of fused-ring (bicyclic) bond motifs is 3. The first-order valence-corrected chi connectivity index (χ1v) is 8.82. The van der Waals surface area contributed by atoms with Gasteiger partial charge in [-0.25, -0.2) is 4.98 Å². The fraction of sp³-hybridized carbons (Fsp3) is 0.263. The molecule has 0 bridgehead atoms. The number of rotatable bonds is 3. The zero-order valence-electron chi connectivity index (χ0n) is 12.9. The Hall–Kier alpha value is -2.20. The van der Waals surface area contributed by atoms with Crippen molar-refractivity contribution in [3.05, 3.63) is 63.8 Å². The third-order valence-corrected chi connectivity index (χ3v) is 5.60. The van der Waals surface area contributed by atoms with E-state index < -0.39 is 0 Å². The molecule has 0 amide bonds. The normalized spacial score (nSPS) is 13.9. The van der Waals surface area contributed by atoms with Crippen LogP contribution in [0.4, 0.5) is 0 Å². The van der Waals surface area contributed by atoms with Crippen molar-refractivity contribution in [1.29, 1.82) is 0 Å². The molecule has 0 unspecified atom stereocenters. The van der Waals surface area contributed by atoms with Crippen LogP contribution in [0.15, 0.2) is 47.8 Å². The zero-order valence-corrected chi connectivity index (χ0v) is 13.7. The van der Waals surface area contributed by atoms with Crippen LogP contribution < -0.4 is 5.56 Å². The Morgan fingerprint density at radius 3 is 2.78 bits per heavy atom. The summed E-state index contributed by atoms with van der Waals surface area (Å²) in [7, 11) is 0. The van der Waals surface area contributed by atoms with Gasteiger partial charge in [0.25, 0.3) is 5.56 Å². The molecule has 4 rings (SSSR count). The maximum absolute atomic E-state index is 13.1. The molecule has 3 aromatic rings. The van der Waals surface area contributed by atoms with E-state index in [9.17, 15) is 4.79 Å². The molecular formula is C19H18N2OS. The third kappa shape index (κ3) is 2.34. The Morgan fingerprint density at radius 1 is 1.22 bits per heavy atom. The average Bonchev–Trinajstić information content (AvgIpc) is 2.96. The van der Waals surface area contributed by atoms with Crippen LogP contribution in [-0.4, -0.2) is 9.55 Å². The second-order valence-corrected chi connectivity index (χ2v) is 6.98. The number of benzene rings is 1. The Labute approximate surface area is 138 Å². The number of hydrogen-bond acceptors (Lipinski definition) is 3. The minimum atomic E-state index is 0.0770. The smallest absolute Gasteiger partial charge is 0.263 e. The van der Waals surface area contributed by atoms with Crippen LogP contribution in [0.5, 0.6) is 0 Å². The molecule has 116 valence electrons. The molecular weight excluding hydrogens is 304 g/mol. The maximum Gasteiger partial charge on any atom is 0.263 e. The number of allylic oxidation sites excluding steroid dienone is 1. The molecule has 0 fully saturated rings. The van der Waals surface area contributed by atoms with E-state index in [4.69, 9.17) is 4.98 Å². The van der Waals surface area contributed by atoms with Crippen molar-refractivity contribution in [1.82, 2.24) is 9.55 Å². The van der Waals surface area contributed by atoms with E-state index in [0.29, 0.717) is 6.54 Å². The molecule has 0 atom stereocenters. The molecule has 1 aromatic carbocycles. The summed E-state index contributed by atoms with van der Waals surface area (Å²) >= 11 is 1.70. The average molecular weight is 322 g/mol. The minimum Gasteiger partial charge on any atom is -0.288 e. The SMILES string of the molecule is C=CCn1c(-c2ccccc2)nc2sc3c(c2c1=O)CCCC3. The number of thiophene rings is 1. The highest BCUT2D eigenvalue weighted by Crippen LogP contribution is 2.34. The molecule has 23 heavy (non-hydrogen) atoms. The molecule has 0 saturated heterocycles. The number of hydrogen-bond donors (Lipinski definition) is 0. The predicted molar refractivity (Wildman–Crippen MR) is 96.2 cm³/mol. The van der Waals surface area contributed by atoms with Gasteiger partial charge >= 0.3 is 0 Å². The standard InChI is InChI=1S/C19H18N2OS/c1-2-12-21-17(13-8-4-3-5-9-13)20-18-16(19(21)22)14-10-6-7-11-15(14)23-18/h2-5,8-9H,1,6-7,10-12H2. The second kappa shape index (κ2) is 5.78. The Kier molecular flexibility index (Phi) is 3.62. The van der Waals surface area contributed by atoms with E-state index in [0.717, 1.165) is 34.4 Å². The molecule has 2 heterocycles. The summed E-state index contributed by atoms with van der Waals surface area (Å²) in [5.74, 6) is 0.738. The molecule has 0 radical (unpaired) electrons. The molecule has 4 heteroatoms. The van der Waals surface area contributed by atoms with Gasteiger partial charge in [-0.1, -0.05) is 36.4 Å². The lowest BCUT2D eigenvalue weighted by atomic mass is 9.97. The van der Waals surface area contributed by atoms with Gasteiger partial charge in [0.1, 0.15) is 10.7 Å². The molecule has 0 saturated carbocycles. The summed E-state index contributed by atoms with van der Waals surface area (Å²) in [6.07, 6.45) is 6.23. The van der Waals surface area contributed by atoms with E-state index in [1.54, 1.807) is 22.0 Å². The molecule has 0 N–H and O–H groups in total. The number of aryl methyl sites for hydroxylation is 2. The highest BCUT2D eigenvalue weighted by Gasteiger charge is 2.22. The van der Waals surface area contributed by atoms with Gasteiger partial charge in [-0.3, -0.25) is 9.36 Å². The van der Waals surface area contributed by atoms with Crippen molar-refractivity contribution in [3.8, 4) is 11.4 Å². The molecule has 1 aliphatic rings. The lowest BCUT2D eigenvalue weighted by Gasteiger charge is -2.12. The van der Waals surface area contributed by atoms with Crippen LogP contribution in [0.1, 0.15) is 23.3 Å². The van der Waals surface area contributed by atoms with Gasteiger partial charge in [0.05, 0.1) is 5.39 Å². The van der Waals surface area contributed by atoms with Crippen LogP contribution in [-0.2, 0) is 19.4 Å². The Balaban J connectivity index is 2.05. The number of aromatic nitrogens is 2. The predicted octanol–water partition coefficient (Wildman–Crippen LogP) is 4.19. The molecule has 3 nitrogen and oxygen atoms in total. The topological polar surface area (TPSA) is 34.9 Å². The quantitative estimate of drug-likeness (QED) is 0.678. The highest BCUT2D eigenvalue weighted by atomic mass is 32.1. The van der Waals surface area contributed by atoms with Crippen molar-refractivity contribution in [3.63, 3.8) is 0 Å². The summed E-state index contributed by atoms with van der Waals surface area (Å²) in [6.45, 7) is 4.28. The largest absolute Gasteiger partial charge is 0.288 e. The van der Waals surface area contributed by atoms with Crippen molar-refractivity contribution in [2.24, 2.45) is 0 Å². The van der Waals surface area contributed by atoms with Crippen molar-refractivity contribution in [2.45, 2.75) is 32.2 Å². The lowest BCUT2D eigenvalue weighted by molar-refractivity contribution is 0.698. The summed E-state index contributed by atoms with van der Waals surface area (Å²) in [4.78, 5) is 20.2. The third-order valence-electron chi connectivity index (χ3n) is 4.42. The summed E-state index contributed by atoms with van der Waals surface area (Å²) < 4.78 is 1.76. The summed E-state index contributed by atoms with van der Waals surface area (Å²) in [6, 6.07) is 9.93. The fourth-order valence-electron chi connectivity index (χ4n) is 3.34. The second-order valence-electron chi connectivity index (χ2n) is 5.90. The summed E-state index contributed by atoms with van der Waals surface area (Å²) in [5.41, 5.74) is 2.29. The zero-order chi connectivity index (χ0) is 15.8. The van der Waals surface area contributed by atoms with Crippen LogP contribution in [0.3, 0.4) is 0 Å². The Morgan fingerprint density at radius 2 is 2.00 bits per heavy atom. The van der Waals surface area contributed by atoms with Crippen LogP contribution >= 0.6 is 11.3 Å². The monoisotopic (exact) mass is 322 g/mol. The lowest BCUT2D eigenvalue weighted by Crippen LogP contribution is -2.23. The van der Waals surface area contributed by atoms with Gasteiger partial charge in [-0.15, -0.1) is 17.9 Å². The first-order chi connectivity index (χ1) is 11.3. The van der Waals surface area contributed by atoms with E-state index in [1.807, 2.05) is 30.3 Å². The fourth-order valence-corrected chi connectivity index (χ4v) is 4.60. The molecule has 2 aromatic heterocycles. The van der Waals surface area contributed by atoms with E-state index in [1.165, 1.54) is 23.3 Å². The minimum absolute atomic E-state index is 0.0770. The van der Waals surface area contributed by atoms with Gasteiger partial charge in [0.15, 0.2) is 0 Å². The van der Waals surface area contributed by atoms with Gasteiger partial charge < -0.3 is 0 Å². The molecule has 0 aliphatic heterocycles. The van der Waals surface area contributed by atoms with Crippen LogP contribution in [0.2, 0.25) is 0 Å². The van der Waals surface area contributed by atoms with Crippen molar-refractivity contribution >= 4 is 21.6 Å². The van der Waals surface area contributed by atoms with Gasteiger partial charge in [0.2, 0.25) is 0 Å². The van der Waals surface area contributed by atoms with E-state index in [2.05, 4.69) is 6.58 Å². The molecule has 1 aliphatic carbocycles. The maximum atomic E-state index is 13.1. The van der Waals surface area contributed by atoms with Gasteiger partial charge in [-0.05, 0) is 31.2 Å². The van der Waals surface area contributed by atoms with Gasteiger partial charge in [0, 0.05) is 17.0 Å². The first-order valence-electron chi connectivity index (χ1n) is 8.01. The van der Waals surface area contributed by atoms with Crippen molar-refractivity contribution in [2.75, 3.05) is 0 Å². The van der Waals surface area contributed by atoms with Crippen LogP contribution in [0, 0.1) is 0 Å². The van der Waals surface area contributed by atoms with Gasteiger partial charge in [-0.2, -0.15) is 0 Å². The summed E-state index contributed by atoms with van der Waals surface area (Å²) in [5, 5.41) is 0.839.